The molecule has 0 spiro atoms. The van der Waals surface area contributed by atoms with Gasteiger partial charge in [0.05, 0.1) is 29.7 Å². The second kappa shape index (κ2) is 10.2. The summed E-state index contributed by atoms with van der Waals surface area (Å²) in [6, 6.07) is 15.0. The van der Waals surface area contributed by atoms with E-state index in [1.54, 1.807) is 12.1 Å². The summed E-state index contributed by atoms with van der Waals surface area (Å²) in [7, 11) is 0. The summed E-state index contributed by atoms with van der Waals surface area (Å²) in [5, 5.41) is 8.05. The minimum Gasteiger partial charge on any atom is -0.493 e. The molecule has 0 aliphatic carbocycles. The van der Waals surface area contributed by atoms with Crippen LogP contribution in [-0.2, 0) is 26.2 Å². The number of ether oxygens (including phenoxy) is 1. The van der Waals surface area contributed by atoms with Gasteiger partial charge in [-0.15, -0.1) is 11.3 Å². The topological polar surface area (TPSA) is 97.4 Å². The molecule has 3 aromatic rings. The van der Waals surface area contributed by atoms with Gasteiger partial charge in [0, 0.05) is 17.5 Å². The molecule has 176 valence electrons. The van der Waals surface area contributed by atoms with E-state index in [0.717, 1.165) is 21.9 Å². The van der Waals surface area contributed by atoms with Crippen LogP contribution in [-0.4, -0.2) is 29.3 Å². The lowest BCUT2D eigenvalue weighted by Gasteiger charge is -2.35. The number of piperidine rings is 1. The van der Waals surface area contributed by atoms with Crippen molar-refractivity contribution in [3.05, 3.63) is 65.2 Å². The van der Waals surface area contributed by atoms with E-state index in [1.807, 2.05) is 55.6 Å². The van der Waals surface area contributed by atoms with E-state index in [-0.39, 0.29) is 24.1 Å². The van der Waals surface area contributed by atoms with E-state index in [9.17, 15) is 14.4 Å². The Bertz CT molecular complexity index is 1200. The molecule has 2 heterocycles. The van der Waals surface area contributed by atoms with Gasteiger partial charge in [0.25, 0.3) is 0 Å². The number of imide groups is 1. The Labute approximate surface area is 202 Å². The summed E-state index contributed by atoms with van der Waals surface area (Å²) in [6.07, 6.45) is 1.55. The molecule has 1 unspecified atom stereocenters. The average Bonchev–Trinajstić information content (AvgIpc) is 3.29. The van der Waals surface area contributed by atoms with Gasteiger partial charge in [-0.2, -0.15) is 0 Å². The zero-order chi connectivity index (χ0) is 24.1. The number of thiazole rings is 1. The lowest BCUT2D eigenvalue weighted by atomic mass is 9.72. The van der Waals surface area contributed by atoms with Crippen LogP contribution in [0.4, 0.5) is 5.69 Å². The molecule has 1 aliphatic rings. The molecule has 34 heavy (non-hydrogen) atoms. The first-order valence-electron chi connectivity index (χ1n) is 11.4. The Balaban J connectivity index is 1.42. The maximum atomic E-state index is 12.6. The number of nitrogens with one attached hydrogen (secondary N) is 2. The van der Waals surface area contributed by atoms with Gasteiger partial charge < -0.3 is 10.1 Å². The minimum atomic E-state index is -0.717. The van der Waals surface area contributed by atoms with Crippen LogP contribution in [0.2, 0.25) is 0 Å². The number of carbonyl (C=O) groups excluding carboxylic acids is 3. The Morgan fingerprint density at radius 3 is 2.62 bits per heavy atom. The van der Waals surface area contributed by atoms with Crippen LogP contribution >= 0.6 is 11.3 Å². The van der Waals surface area contributed by atoms with Crippen molar-refractivity contribution in [1.29, 1.82) is 0 Å². The molecule has 2 aromatic carbocycles. The van der Waals surface area contributed by atoms with Gasteiger partial charge in [-0.3, -0.25) is 19.7 Å². The SMILES string of the molecule is CCOc1ccccc1-c1nc(CC(=O)Nc2ccc(C3(CC)CCC(=O)NC3=O)cc2)cs1. The number of aromatic nitrogens is 1. The van der Waals surface area contributed by atoms with E-state index in [1.165, 1.54) is 11.3 Å². The van der Waals surface area contributed by atoms with Gasteiger partial charge in [0.2, 0.25) is 17.7 Å². The lowest BCUT2D eigenvalue weighted by molar-refractivity contribution is -0.138. The predicted octanol–water partition coefficient (Wildman–Crippen LogP) is 4.47. The highest BCUT2D eigenvalue weighted by atomic mass is 32.1. The van der Waals surface area contributed by atoms with Gasteiger partial charge in [0.15, 0.2) is 0 Å². The monoisotopic (exact) mass is 477 g/mol. The Kier molecular flexibility index (Phi) is 7.07. The summed E-state index contributed by atoms with van der Waals surface area (Å²) in [6.45, 7) is 4.45. The van der Waals surface area contributed by atoms with E-state index in [2.05, 4.69) is 15.6 Å². The Morgan fingerprint density at radius 2 is 1.91 bits per heavy atom. The normalized spacial score (nSPS) is 17.8. The van der Waals surface area contributed by atoms with Crippen molar-refractivity contribution in [2.45, 2.75) is 44.9 Å². The van der Waals surface area contributed by atoms with Gasteiger partial charge >= 0.3 is 0 Å². The molecule has 1 aromatic heterocycles. The second-order valence-corrected chi connectivity index (χ2v) is 9.05. The molecule has 1 atom stereocenters. The molecule has 0 radical (unpaired) electrons. The van der Waals surface area contributed by atoms with Crippen LogP contribution in [0.1, 0.15) is 44.4 Å². The van der Waals surface area contributed by atoms with Crippen molar-refractivity contribution in [2.75, 3.05) is 11.9 Å². The molecule has 7 nitrogen and oxygen atoms in total. The fourth-order valence-electron chi connectivity index (χ4n) is 4.24. The summed E-state index contributed by atoms with van der Waals surface area (Å²) < 4.78 is 5.69. The summed E-state index contributed by atoms with van der Waals surface area (Å²) in [5.41, 5.74) is 2.37. The van der Waals surface area contributed by atoms with Gasteiger partial charge in [-0.25, -0.2) is 4.98 Å². The van der Waals surface area contributed by atoms with Crippen LogP contribution in [0.25, 0.3) is 10.6 Å². The maximum Gasteiger partial charge on any atom is 0.237 e. The number of nitrogens with zero attached hydrogens (tertiary/aromatic N) is 1. The third kappa shape index (κ3) is 4.87. The number of amides is 3. The molecule has 1 fully saturated rings. The number of hydrogen-bond acceptors (Lipinski definition) is 6. The summed E-state index contributed by atoms with van der Waals surface area (Å²) in [4.78, 5) is 41.4. The van der Waals surface area contributed by atoms with Crippen molar-refractivity contribution in [1.82, 2.24) is 10.3 Å². The van der Waals surface area contributed by atoms with E-state index in [0.29, 0.717) is 37.3 Å². The fourth-order valence-corrected chi connectivity index (χ4v) is 5.09. The van der Waals surface area contributed by atoms with Gasteiger partial charge in [-0.05, 0) is 49.6 Å². The van der Waals surface area contributed by atoms with E-state index in [4.69, 9.17) is 4.74 Å². The largest absolute Gasteiger partial charge is 0.493 e. The minimum absolute atomic E-state index is 0.151. The summed E-state index contributed by atoms with van der Waals surface area (Å²) in [5.74, 6) is 0.114. The average molecular weight is 478 g/mol. The zero-order valence-corrected chi connectivity index (χ0v) is 20.0. The first-order chi connectivity index (χ1) is 16.4. The number of para-hydroxylation sites is 1. The number of hydrogen-bond donors (Lipinski definition) is 2. The molecule has 2 N–H and O–H groups in total. The molecule has 0 saturated carbocycles. The third-order valence-electron chi connectivity index (χ3n) is 6.10. The zero-order valence-electron chi connectivity index (χ0n) is 19.2. The first-order valence-corrected chi connectivity index (χ1v) is 12.2. The second-order valence-electron chi connectivity index (χ2n) is 8.19. The smallest absolute Gasteiger partial charge is 0.237 e. The highest BCUT2D eigenvalue weighted by Crippen LogP contribution is 2.36. The highest BCUT2D eigenvalue weighted by Gasteiger charge is 2.42. The van der Waals surface area contributed by atoms with E-state index >= 15 is 0 Å². The van der Waals surface area contributed by atoms with Crippen LogP contribution in [0.5, 0.6) is 5.75 Å². The van der Waals surface area contributed by atoms with E-state index < -0.39 is 5.41 Å². The van der Waals surface area contributed by atoms with Crippen molar-refractivity contribution < 1.29 is 19.1 Å². The van der Waals surface area contributed by atoms with Crippen LogP contribution in [0.15, 0.2) is 53.9 Å². The Morgan fingerprint density at radius 1 is 1.15 bits per heavy atom. The van der Waals surface area contributed by atoms with Crippen LogP contribution in [0.3, 0.4) is 0 Å². The molecular weight excluding hydrogens is 450 g/mol. The van der Waals surface area contributed by atoms with Gasteiger partial charge in [0.1, 0.15) is 10.8 Å². The van der Waals surface area contributed by atoms with Crippen molar-refractivity contribution in [3.63, 3.8) is 0 Å². The van der Waals surface area contributed by atoms with Crippen LogP contribution in [0, 0.1) is 0 Å². The van der Waals surface area contributed by atoms with Crippen molar-refractivity contribution >= 4 is 34.7 Å². The third-order valence-corrected chi connectivity index (χ3v) is 7.03. The quantitative estimate of drug-likeness (QED) is 0.467. The lowest BCUT2D eigenvalue weighted by Crippen LogP contribution is -2.51. The predicted molar refractivity (Wildman–Crippen MR) is 132 cm³/mol. The number of rotatable bonds is 8. The number of carbonyl (C=O) groups is 3. The van der Waals surface area contributed by atoms with Gasteiger partial charge in [-0.1, -0.05) is 31.2 Å². The molecule has 8 heteroatoms. The molecule has 0 bridgehead atoms. The highest BCUT2D eigenvalue weighted by molar-refractivity contribution is 7.13. The van der Waals surface area contributed by atoms with Crippen molar-refractivity contribution in [3.8, 4) is 16.3 Å². The Hall–Kier alpha value is -3.52. The molecule has 1 aliphatic heterocycles. The number of anilines is 1. The molecular formula is C26H27N3O4S. The molecule has 4 rings (SSSR count). The van der Waals surface area contributed by atoms with Crippen LogP contribution < -0.4 is 15.4 Å². The molecule has 3 amide bonds. The number of benzene rings is 2. The standard InChI is InChI=1S/C26H27N3O4S/c1-3-26(14-13-22(30)29-25(26)32)17-9-11-18(12-10-17)27-23(31)15-19-16-34-24(28-19)20-7-5-6-8-21(20)33-4-2/h5-12,16H,3-4,13-15H2,1-2H3,(H,27,31)(H,29,30,32). The molecule has 1 saturated heterocycles. The first kappa shape index (κ1) is 23.6. The maximum absolute atomic E-state index is 12.6. The van der Waals surface area contributed by atoms with Crippen molar-refractivity contribution in [2.24, 2.45) is 0 Å². The fraction of sp³-hybridized carbons (Fsp3) is 0.308. The summed E-state index contributed by atoms with van der Waals surface area (Å²) >= 11 is 1.48.